The first-order valence-electron chi connectivity index (χ1n) is 15.4. The van der Waals surface area contributed by atoms with E-state index in [2.05, 4.69) is 10.6 Å². The highest BCUT2D eigenvalue weighted by Gasteiger charge is 2.31. The molecule has 0 atom stereocenters. The van der Waals surface area contributed by atoms with E-state index in [9.17, 15) is 27.6 Å². The van der Waals surface area contributed by atoms with Crippen LogP contribution < -0.4 is 15.5 Å². The molecule has 0 spiro atoms. The second-order valence-corrected chi connectivity index (χ2v) is 13.1. The third-order valence-corrected chi connectivity index (χ3v) is 8.24. The smallest absolute Gasteiger partial charge is 0.410 e. The van der Waals surface area contributed by atoms with Crippen molar-refractivity contribution in [1.82, 2.24) is 15.1 Å². The molecule has 47 heavy (non-hydrogen) atoms. The van der Waals surface area contributed by atoms with Crippen LogP contribution in [0.3, 0.4) is 0 Å². The predicted octanol–water partition coefficient (Wildman–Crippen LogP) is 6.21. The quantitative estimate of drug-likeness (QED) is 0.321. The molecule has 0 bridgehead atoms. The van der Waals surface area contributed by atoms with Crippen LogP contribution in [0.4, 0.5) is 38.1 Å². The summed E-state index contributed by atoms with van der Waals surface area (Å²) >= 11 is 6.19. The maximum absolute atomic E-state index is 15.1. The molecule has 0 saturated carbocycles. The summed E-state index contributed by atoms with van der Waals surface area (Å²) in [6.07, 6.45) is -4.82. The van der Waals surface area contributed by atoms with E-state index in [0.29, 0.717) is 62.8 Å². The summed E-state index contributed by atoms with van der Waals surface area (Å²) in [6, 6.07) is 6.98. The van der Waals surface area contributed by atoms with Crippen molar-refractivity contribution >= 4 is 40.9 Å². The van der Waals surface area contributed by atoms with Crippen LogP contribution in [0.25, 0.3) is 0 Å². The Hall–Kier alpha value is -3.65. The third kappa shape index (κ3) is 10.2. The maximum Gasteiger partial charge on any atom is 0.410 e. The number of piperazine rings is 1. The number of anilines is 2. The Balaban J connectivity index is 1.33. The molecule has 3 amide bonds. The van der Waals surface area contributed by atoms with Crippen LogP contribution in [0, 0.1) is 17.6 Å². The Kier molecular flexibility index (Phi) is 11.6. The lowest BCUT2D eigenvalue weighted by atomic mass is 9.96. The zero-order valence-corrected chi connectivity index (χ0v) is 27.2. The first-order valence-corrected chi connectivity index (χ1v) is 15.8. The Morgan fingerprint density at radius 1 is 0.936 bits per heavy atom. The molecule has 0 aromatic heterocycles. The Morgan fingerprint density at radius 2 is 1.60 bits per heavy atom. The number of nitrogens with one attached hydrogen (secondary N) is 2. The van der Waals surface area contributed by atoms with E-state index in [-0.39, 0.29) is 30.2 Å². The first kappa shape index (κ1) is 36.2. The van der Waals surface area contributed by atoms with Gasteiger partial charge in [0.2, 0.25) is 5.91 Å². The lowest BCUT2D eigenvalue weighted by Crippen LogP contribution is -2.47. The van der Waals surface area contributed by atoms with Gasteiger partial charge in [0.25, 0.3) is 5.91 Å². The van der Waals surface area contributed by atoms with Crippen LogP contribution in [0.15, 0.2) is 30.3 Å². The fraction of sp³-hybridized carbons (Fsp3) is 0.531. The number of carbonyl (C=O) groups excluding carboxylic acids is 3. The maximum atomic E-state index is 15.1. The highest BCUT2D eigenvalue weighted by atomic mass is 35.5. The number of ether oxygens (including phenoxy) is 1. The van der Waals surface area contributed by atoms with Gasteiger partial charge in [0.05, 0.1) is 23.4 Å². The van der Waals surface area contributed by atoms with E-state index in [1.165, 1.54) is 23.1 Å². The van der Waals surface area contributed by atoms with Crippen molar-refractivity contribution in [3.05, 3.63) is 58.1 Å². The fourth-order valence-corrected chi connectivity index (χ4v) is 5.60. The predicted molar refractivity (Wildman–Crippen MR) is 167 cm³/mol. The van der Waals surface area contributed by atoms with E-state index < -0.39 is 53.3 Å². The van der Waals surface area contributed by atoms with E-state index in [1.54, 1.807) is 31.7 Å². The van der Waals surface area contributed by atoms with Gasteiger partial charge in [-0.3, -0.25) is 14.5 Å². The number of amides is 3. The van der Waals surface area contributed by atoms with E-state index in [0.717, 1.165) is 6.07 Å². The summed E-state index contributed by atoms with van der Waals surface area (Å²) in [6.45, 7) is 7.00. The Bertz CT molecular complexity index is 1450. The van der Waals surface area contributed by atoms with Crippen LogP contribution in [0.2, 0.25) is 5.02 Å². The molecule has 0 unspecified atom stereocenters. The summed E-state index contributed by atoms with van der Waals surface area (Å²) in [7, 11) is 0. The van der Waals surface area contributed by atoms with Gasteiger partial charge in [-0.25, -0.2) is 13.6 Å². The number of alkyl halides is 3. The normalized spacial score (nSPS) is 16.6. The zero-order chi connectivity index (χ0) is 34.5. The lowest BCUT2D eigenvalue weighted by molar-refractivity contribution is -0.138. The molecule has 0 aliphatic carbocycles. The third-order valence-electron chi connectivity index (χ3n) is 8.01. The minimum atomic E-state index is -4.24. The van der Waals surface area contributed by atoms with Crippen LogP contribution in [0.5, 0.6) is 0 Å². The molecule has 4 rings (SSSR count). The van der Waals surface area contributed by atoms with Gasteiger partial charge in [-0.1, -0.05) is 17.7 Å². The summed E-state index contributed by atoms with van der Waals surface area (Å²) in [5.41, 5.74) is -0.558. The Labute approximate surface area is 275 Å². The standard InChI is InChI=1S/C32H39ClF5N5O4/c1-31(2,3)47-30(46)43-11-8-20(9-12-43)28(44)39-19-21-4-6-23(27(35)26(21)34)29(45)40-24-7-5-22(33)18-25(24)42-16-14-41(15-17-42)13-10-32(36,37)38/h4-7,18,20H,8-17,19H2,1-3H3,(H,39,44)(H,40,45). The number of likely N-dealkylation sites (tertiary alicyclic amines) is 1. The number of piperidine rings is 1. The highest BCUT2D eigenvalue weighted by molar-refractivity contribution is 6.31. The van der Waals surface area contributed by atoms with Crippen molar-refractivity contribution in [3.63, 3.8) is 0 Å². The van der Waals surface area contributed by atoms with Gasteiger partial charge < -0.3 is 25.2 Å². The SMILES string of the molecule is CC(C)(C)OC(=O)N1CCC(C(=O)NCc2ccc(C(=O)Nc3ccc(Cl)cc3N3CCN(CCC(F)(F)F)CC3)c(F)c2F)CC1. The van der Waals surface area contributed by atoms with Gasteiger partial charge in [-0.2, -0.15) is 13.2 Å². The fourth-order valence-electron chi connectivity index (χ4n) is 5.44. The van der Waals surface area contributed by atoms with E-state index >= 15 is 8.78 Å². The van der Waals surface area contributed by atoms with Crippen molar-refractivity contribution in [2.75, 3.05) is 56.0 Å². The van der Waals surface area contributed by atoms with Crippen LogP contribution in [0.1, 0.15) is 56.0 Å². The number of hydrogen-bond acceptors (Lipinski definition) is 6. The van der Waals surface area contributed by atoms with Crippen LogP contribution in [-0.4, -0.2) is 85.3 Å². The second kappa shape index (κ2) is 15.1. The molecule has 258 valence electrons. The number of nitrogens with zero attached hydrogens (tertiary/aromatic N) is 3. The summed E-state index contributed by atoms with van der Waals surface area (Å²) in [5.74, 6) is -4.34. The number of rotatable bonds is 8. The van der Waals surface area contributed by atoms with Gasteiger partial charge in [0, 0.05) is 68.9 Å². The van der Waals surface area contributed by atoms with Crippen LogP contribution >= 0.6 is 11.6 Å². The van der Waals surface area contributed by atoms with E-state index in [4.69, 9.17) is 16.3 Å². The molecule has 9 nitrogen and oxygen atoms in total. The molecular weight excluding hydrogens is 649 g/mol. The van der Waals surface area contributed by atoms with Crippen molar-refractivity contribution in [2.24, 2.45) is 5.92 Å². The molecular formula is C32H39ClF5N5O4. The summed E-state index contributed by atoms with van der Waals surface area (Å²) in [5, 5.41) is 5.57. The van der Waals surface area contributed by atoms with E-state index in [1.807, 2.05) is 4.90 Å². The van der Waals surface area contributed by atoms with Gasteiger partial charge in [-0.15, -0.1) is 0 Å². The number of halogens is 6. The molecule has 2 aromatic rings. The van der Waals surface area contributed by atoms with Gasteiger partial charge in [0.1, 0.15) is 5.60 Å². The molecule has 2 aromatic carbocycles. The number of carbonyl (C=O) groups is 3. The van der Waals surface area contributed by atoms with Crippen molar-refractivity contribution in [3.8, 4) is 0 Å². The first-order chi connectivity index (χ1) is 22.0. The lowest BCUT2D eigenvalue weighted by Gasteiger charge is -2.37. The molecule has 2 aliphatic heterocycles. The molecule has 2 fully saturated rings. The second-order valence-electron chi connectivity index (χ2n) is 12.7. The average Bonchev–Trinajstić information content (AvgIpc) is 3.00. The van der Waals surface area contributed by atoms with Crippen molar-refractivity contribution < 1.29 is 41.1 Å². The minimum Gasteiger partial charge on any atom is -0.444 e. The zero-order valence-electron chi connectivity index (χ0n) is 26.5. The summed E-state index contributed by atoms with van der Waals surface area (Å²) < 4.78 is 73.4. The minimum absolute atomic E-state index is 0.115. The van der Waals surface area contributed by atoms with Gasteiger partial charge >= 0.3 is 12.3 Å². The molecule has 2 N–H and O–H groups in total. The topological polar surface area (TPSA) is 94.2 Å². The van der Waals surface area contributed by atoms with Gasteiger partial charge in [0.15, 0.2) is 11.6 Å². The average molecular weight is 688 g/mol. The number of hydrogen-bond donors (Lipinski definition) is 2. The molecule has 2 heterocycles. The highest BCUT2D eigenvalue weighted by Crippen LogP contribution is 2.32. The molecule has 2 aliphatic rings. The molecule has 0 radical (unpaired) electrons. The van der Waals surface area contributed by atoms with Crippen molar-refractivity contribution in [2.45, 2.75) is 58.4 Å². The Morgan fingerprint density at radius 3 is 2.21 bits per heavy atom. The number of benzene rings is 2. The molecule has 2 saturated heterocycles. The molecule has 15 heteroatoms. The summed E-state index contributed by atoms with van der Waals surface area (Å²) in [4.78, 5) is 43.2. The van der Waals surface area contributed by atoms with Crippen LogP contribution in [-0.2, 0) is 16.1 Å². The van der Waals surface area contributed by atoms with Crippen molar-refractivity contribution in [1.29, 1.82) is 0 Å². The van der Waals surface area contributed by atoms with Gasteiger partial charge in [-0.05, 0) is 57.9 Å². The largest absolute Gasteiger partial charge is 0.444 e. The monoisotopic (exact) mass is 687 g/mol.